The molecular formula is C27H38N2. The van der Waals surface area contributed by atoms with Crippen LogP contribution in [0.3, 0.4) is 0 Å². The Balaban J connectivity index is 1.74. The standard InChI is InChI=1S/C27H38N2/c1-21-19-24(26(6)10-8-7-9-11-26)22(2)18-23(21)20-29-16-13-27(12-15-28,14-17-29)25(3,4)5/h7-10,18-19H,11-14,16-17,20H2,1-6H3. The second-order valence-electron chi connectivity index (χ2n) is 10.6. The van der Waals surface area contributed by atoms with Gasteiger partial charge in [0.15, 0.2) is 0 Å². The number of nitrogens with zero attached hydrogens (tertiary/aromatic N) is 2. The van der Waals surface area contributed by atoms with Crippen molar-refractivity contribution in [1.82, 2.24) is 4.90 Å². The molecule has 1 aromatic carbocycles. The molecule has 1 aliphatic heterocycles. The van der Waals surface area contributed by atoms with E-state index in [4.69, 9.17) is 0 Å². The van der Waals surface area contributed by atoms with Gasteiger partial charge in [-0.1, -0.05) is 64.1 Å². The molecule has 0 spiro atoms. The lowest BCUT2D eigenvalue weighted by molar-refractivity contribution is 0.00705. The first-order chi connectivity index (χ1) is 13.6. The highest BCUT2D eigenvalue weighted by atomic mass is 15.1. The van der Waals surface area contributed by atoms with E-state index >= 15 is 0 Å². The molecule has 1 heterocycles. The van der Waals surface area contributed by atoms with E-state index in [0.29, 0.717) is 6.42 Å². The van der Waals surface area contributed by atoms with E-state index in [1.54, 1.807) is 0 Å². The lowest BCUT2D eigenvalue weighted by Crippen LogP contribution is -2.46. The third-order valence-electron chi connectivity index (χ3n) is 7.77. The van der Waals surface area contributed by atoms with Gasteiger partial charge in [-0.15, -0.1) is 0 Å². The van der Waals surface area contributed by atoms with Gasteiger partial charge in [-0.2, -0.15) is 5.26 Å². The number of likely N-dealkylation sites (tertiary alicyclic amines) is 1. The first-order valence-electron chi connectivity index (χ1n) is 11.1. The normalized spacial score (nSPS) is 24.4. The molecule has 3 rings (SSSR count). The van der Waals surface area contributed by atoms with Gasteiger partial charge in [-0.25, -0.2) is 0 Å². The third-order valence-corrected chi connectivity index (χ3v) is 7.77. The van der Waals surface area contributed by atoms with Gasteiger partial charge in [-0.3, -0.25) is 4.90 Å². The molecule has 0 saturated carbocycles. The third kappa shape index (κ3) is 4.36. The summed E-state index contributed by atoms with van der Waals surface area (Å²) >= 11 is 0. The Hall–Kier alpha value is -1.85. The Morgan fingerprint density at radius 2 is 1.76 bits per heavy atom. The fourth-order valence-corrected chi connectivity index (χ4v) is 5.31. The number of nitriles is 1. The molecule has 29 heavy (non-hydrogen) atoms. The summed E-state index contributed by atoms with van der Waals surface area (Å²) in [6, 6.07) is 7.32. The Morgan fingerprint density at radius 1 is 1.07 bits per heavy atom. The van der Waals surface area contributed by atoms with Crippen LogP contribution in [0.15, 0.2) is 36.4 Å². The van der Waals surface area contributed by atoms with Crippen LogP contribution in [0.1, 0.15) is 75.6 Å². The Kier molecular flexibility index (Phi) is 6.11. The zero-order valence-corrected chi connectivity index (χ0v) is 19.3. The lowest BCUT2D eigenvalue weighted by atomic mass is 9.60. The quantitative estimate of drug-likeness (QED) is 0.577. The van der Waals surface area contributed by atoms with E-state index in [9.17, 15) is 5.26 Å². The van der Waals surface area contributed by atoms with Crippen LogP contribution in [0, 0.1) is 36.0 Å². The molecule has 1 atom stereocenters. The first kappa shape index (κ1) is 21.8. The van der Waals surface area contributed by atoms with Gasteiger partial charge < -0.3 is 0 Å². The summed E-state index contributed by atoms with van der Waals surface area (Å²) in [5, 5.41) is 9.40. The molecule has 2 heteroatoms. The summed E-state index contributed by atoms with van der Waals surface area (Å²) in [5.74, 6) is 0. The predicted molar refractivity (Wildman–Crippen MR) is 123 cm³/mol. The minimum absolute atomic E-state index is 0.108. The monoisotopic (exact) mass is 390 g/mol. The zero-order chi connectivity index (χ0) is 21.3. The van der Waals surface area contributed by atoms with Crippen LogP contribution in [0.5, 0.6) is 0 Å². The molecule has 0 aromatic heterocycles. The van der Waals surface area contributed by atoms with E-state index in [1.165, 1.54) is 22.3 Å². The van der Waals surface area contributed by atoms with Crippen LogP contribution in [-0.2, 0) is 12.0 Å². The summed E-state index contributed by atoms with van der Waals surface area (Å²) < 4.78 is 0. The molecule has 156 valence electrons. The van der Waals surface area contributed by atoms with E-state index in [1.807, 2.05) is 0 Å². The highest BCUT2D eigenvalue weighted by Gasteiger charge is 2.43. The maximum Gasteiger partial charge on any atom is 0.0627 e. The largest absolute Gasteiger partial charge is 0.299 e. The van der Waals surface area contributed by atoms with E-state index in [-0.39, 0.29) is 16.2 Å². The average Bonchev–Trinajstić information content (AvgIpc) is 2.66. The molecule has 0 radical (unpaired) electrons. The van der Waals surface area contributed by atoms with Gasteiger partial charge in [0.05, 0.1) is 6.07 Å². The average molecular weight is 391 g/mol. The van der Waals surface area contributed by atoms with Crippen LogP contribution in [0.4, 0.5) is 0 Å². The molecule has 1 saturated heterocycles. The zero-order valence-electron chi connectivity index (χ0n) is 19.3. The maximum absolute atomic E-state index is 9.40. The van der Waals surface area contributed by atoms with Crippen molar-refractivity contribution in [1.29, 1.82) is 5.26 Å². The fraction of sp³-hybridized carbons (Fsp3) is 0.593. The van der Waals surface area contributed by atoms with Crippen molar-refractivity contribution in [2.75, 3.05) is 13.1 Å². The van der Waals surface area contributed by atoms with Crippen LogP contribution in [0.2, 0.25) is 0 Å². The molecule has 1 aromatic rings. The fourth-order valence-electron chi connectivity index (χ4n) is 5.31. The van der Waals surface area contributed by atoms with Crippen molar-refractivity contribution in [2.24, 2.45) is 10.8 Å². The summed E-state index contributed by atoms with van der Waals surface area (Å²) in [7, 11) is 0. The van der Waals surface area contributed by atoms with Gasteiger partial charge in [0.1, 0.15) is 0 Å². The molecule has 2 nitrogen and oxygen atoms in total. The minimum atomic E-state index is 0.108. The SMILES string of the molecule is Cc1cc(C2(C)C=CC=CC2)c(C)cc1CN1CCC(CC#N)(C(C)(C)C)CC1. The second kappa shape index (κ2) is 8.11. The van der Waals surface area contributed by atoms with Crippen molar-refractivity contribution in [3.05, 3.63) is 58.7 Å². The Labute approximate surface area is 178 Å². The summed E-state index contributed by atoms with van der Waals surface area (Å²) in [6.45, 7) is 17.0. The minimum Gasteiger partial charge on any atom is -0.299 e. The van der Waals surface area contributed by atoms with Crippen LogP contribution in [-0.4, -0.2) is 18.0 Å². The number of benzene rings is 1. The second-order valence-corrected chi connectivity index (χ2v) is 10.6. The van der Waals surface area contributed by atoms with Crippen molar-refractivity contribution >= 4 is 0 Å². The van der Waals surface area contributed by atoms with Crippen LogP contribution < -0.4 is 0 Å². The molecule has 2 aliphatic rings. The van der Waals surface area contributed by atoms with Crippen molar-refractivity contribution in [2.45, 2.75) is 79.2 Å². The molecule has 1 aliphatic carbocycles. The molecule has 1 fully saturated rings. The van der Waals surface area contributed by atoms with Gasteiger partial charge in [0.25, 0.3) is 0 Å². The topological polar surface area (TPSA) is 27.0 Å². The Morgan fingerprint density at radius 3 is 2.31 bits per heavy atom. The van der Waals surface area contributed by atoms with Gasteiger partial charge in [-0.05, 0) is 79.3 Å². The molecule has 0 N–H and O–H groups in total. The van der Waals surface area contributed by atoms with Crippen LogP contribution in [0.25, 0.3) is 0 Å². The predicted octanol–water partition coefficient (Wildman–Crippen LogP) is 6.62. The number of rotatable bonds is 4. The van der Waals surface area contributed by atoms with E-state index < -0.39 is 0 Å². The maximum atomic E-state index is 9.40. The molecule has 0 bridgehead atoms. The highest BCUT2D eigenvalue weighted by molar-refractivity contribution is 5.45. The summed E-state index contributed by atoms with van der Waals surface area (Å²) in [5.41, 5.74) is 6.16. The lowest BCUT2D eigenvalue weighted by Gasteiger charge is -2.49. The number of piperidine rings is 1. The number of allylic oxidation sites excluding steroid dienone is 4. The van der Waals surface area contributed by atoms with Crippen molar-refractivity contribution < 1.29 is 0 Å². The smallest absolute Gasteiger partial charge is 0.0627 e. The molecule has 1 unspecified atom stereocenters. The van der Waals surface area contributed by atoms with Gasteiger partial charge >= 0.3 is 0 Å². The molecular weight excluding hydrogens is 352 g/mol. The summed E-state index contributed by atoms with van der Waals surface area (Å²) in [6.07, 6.45) is 13.0. The highest BCUT2D eigenvalue weighted by Crippen LogP contribution is 2.49. The van der Waals surface area contributed by atoms with Crippen molar-refractivity contribution in [3.8, 4) is 6.07 Å². The number of hydrogen-bond donors (Lipinski definition) is 0. The van der Waals surface area contributed by atoms with Gasteiger partial charge in [0, 0.05) is 18.4 Å². The Bertz CT molecular complexity index is 839. The molecule has 0 amide bonds. The van der Waals surface area contributed by atoms with E-state index in [2.05, 4.69) is 88.9 Å². The van der Waals surface area contributed by atoms with Crippen molar-refractivity contribution in [3.63, 3.8) is 0 Å². The number of hydrogen-bond acceptors (Lipinski definition) is 2. The number of aryl methyl sites for hydroxylation is 2. The van der Waals surface area contributed by atoms with Gasteiger partial charge in [0.2, 0.25) is 0 Å². The van der Waals surface area contributed by atoms with E-state index in [0.717, 1.165) is 38.9 Å². The summed E-state index contributed by atoms with van der Waals surface area (Å²) in [4.78, 5) is 2.59. The van der Waals surface area contributed by atoms with Crippen LogP contribution >= 0.6 is 0 Å². The first-order valence-corrected chi connectivity index (χ1v) is 11.1.